The second-order valence-electron chi connectivity index (χ2n) is 7.51. The summed E-state index contributed by atoms with van der Waals surface area (Å²) in [6, 6.07) is 4.50. The average molecular weight is 453 g/mol. The Balaban J connectivity index is 1.71. The Bertz CT molecular complexity index is 1010. The zero-order chi connectivity index (χ0) is 22.9. The van der Waals surface area contributed by atoms with Gasteiger partial charge in [0, 0.05) is 45.5 Å². The molecule has 0 N–H and O–H groups in total. The highest BCUT2D eigenvalue weighted by Crippen LogP contribution is 2.31. The molecular formula is C21H23F3N4O2S. The lowest BCUT2D eigenvalue weighted by Crippen LogP contribution is -2.31. The Hall–Kier alpha value is -2.88. The van der Waals surface area contributed by atoms with Crippen LogP contribution in [0, 0.1) is 6.92 Å². The van der Waals surface area contributed by atoms with E-state index in [1.165, 1.54) is 34.4 Å². The van der Waals surface area contributed by atoms with Crippen molar-refractivity contribution >= 4 is 28.3 Å². The van der Waals surface area contributed by atoms with Crippen LogP contribution in [0.5, 0.6) is 0 Å². The van der Waals surface area contributed by atoms with Crippen molar-refractivity contribution in [2.45, 2.75) is 26.6 Å². The van der Waals surface area contributed by atoms with E-state index in [0.717, 1.165) is 17.8 Å². The summed E-state index contributed by atoms with van der Waals surface area (Å²) in [5, 5.41) is 0.441. The van der Waals surface area contributed by atoms with Gasteiger partial charge in [0.15, 0.2) is 10.9 Å². The first-order chi connectivity index (χ1) is 14.5. The molecule has 2 aromatic rings. The van der Waals surface area contributed by atoms with Crippen LogP contribution >= 0.6 is 11.3 Å². The minimum absolute atomic E-state index is 0.166. The summed E-state index contributed by atoms with van der Waals surface area (Å²) >= 11 is 1.17. The molecule has 1 saturated heterocycles. The predicted octanol–water partition coefficient (Wildman–Crippen LogP) is 4.56. The number of hydrogen-bond acceptors (Lipinski definition) is 5. The zero-order valence-electron chi connectivity index (χ0n) is 17.7. The van der Waals surface area contributed by atoms with Crippen molar-refractivity contribution in [2.24, 2.45) is 0 Å². The van der Waals surface area contributed by atoms with Crippen LogP contribution in [-0.2, 0) is 12.7 Å². The molecule has 31 heavy (non-hydrogen) atoms. The number of carbonyl (C=O) groups excluding carboxylic acids is 2. The minimum atomic E-state index is -4.39. The lowest BCUT2D eigenvalue weighted by atomic mass is 10.1. The van der Waals surface area contributed by atoms with Crippen molar-refractivity contribution in [3.8, 4) is 0 Å². The van der Waals surface area contributed by atoms with Gasteiger partial charge in [-0.2, -0.15) is 13.2 Å². The monoisotopic (exact) mass is 452 g/mol. The summed E-state index contributed by atoms with van der Waals surface area (Å²) < 4.78 is 38.2. The van der Waals surface area contributed by atoms with E-state index in [9.17, 15) is 22.8 Å². The maximum Gasteiger partial charge on any atom is 0.416 e. The van der Waals surface area contributed by atoms with E-state index >= 15 is 0 Å². The largest absolute Gasteiger partial charge is 0.416 e. The van der Waals surface area contributed by atoms with Crippen LogP contribution in [0.25, 0.3) is 0 Å². The summed E-state index contributed by atoms with van der Waals surface area (Å²) in [6.07, 6.45) is -2.86. The molecule has 0 atom stereocenters. The number of carbonyl (C=O) groups is 2. The zero-order valence-corrected chi connectivity index (χ0v) is 18.5. The highest BCUT2D eigenvalue weighted by atomic mass is 32.1. The number of alkyl halides is 3. The SMILES string of the molecule is C/C(=C/C(=O)c1sc(N2CCN(Cc3ccc(C(F)(F)F)cc3)C2=O)nc1C)N(C)C. The molecule has 166 valence electrons. The fourth-order valence-corrected chi connectivity index (χ4v) is 4.03. The van der Waals surface area contributed by atoms with E-state index < -0.39 is 11.7 Å². The number of aryl methyl sites for hydroxylation is 1. The van der Waals surface area contributed by atoms with Crippen LogP contribution in [0.4, 0.5) is 23.1 Å². The smallest absolute Gasteiger partial charge is 0.381 e. The highest BCUT2D eigenvalue weighted by molar-refractivity contribution is 7.18. The van der Waals surface area contributed by atoms with Crippen molar-refractivity contribution in [3.05, 3.63) is 57.7 Å². The number of hydrogen-bond donors (Lipinski definition) is 0. The van der Waals surface area contributed by atoms with E-state index in [1.54, 1.807) is 11.8 Å². The second-order valence-corrected chi connectivity index (χ2v) is 8.48. The van der Waals surface area contributed by atoms with Gasteiger partial charge in [-0.15, -0.1) is 0 Å². The number of halogens is 3. The number of thiazole rings is 1. The molecule has 1 aromatic carbocycles. The lowest BCUT2D eigenvalue weighted by Gasteiger charge is -2.17. The molecule has 1 aromatic heterocycles. The van der Waals surface area contributed by atoms with Crippen LogP contribution < -0.4 is 4.90 Å². The summed E-state index contributed by atoms with van der Waals surface area (Å²) in [5.74, 6) is -0.166. The van der Waals surface area contributed by atoms with Gasteiger partial charge in [-0.05, 0) is 31.5 Å². The molecule has 1 fully saturated rings. The van der Waals surface area contributed by atoms with Crippen molar-refractivity contribution in [3.63, 3.8) is 0 Å². The number of nitrogens with zero attached hydrogens (tertiary/aromatic N) is 4. The molecule has 0 spiro atoms. The molecule has 6 nitrogen and oxygen atoms in total. The predicted molar refractivity (Wildman–Crippen MR) is 113 cm³/mol. The van der Waals surface area contributed by atoms with Crippen LogP contribution in [0.3, 0.4) is 0 Å². The van der Waals surface area contributed by atoms with Gasteiger partial charge in [0.25, 0.3) is 0 Å². The first-order valence-electron chi connectivity index (χ1n) is 9.57. The maximum absolute atomic E-state index is 12.8. The number of amides is 2. The normalized spacial score (nSPS) is 15.1. The van der Waals surface area contributed by atoms with E-state index in [2.05, 4.69) is 4.98 Å². The number of benzene rings is 1. The van der Waals surface area contributed by atoms with Gasteiger partial charge in [0.2, 0.25) is 0 Å². The minimum Gasteiger partial charge on any atom is -0.381 e. The van der Waals surface area contributed by atoms with Crippen molar-refractivity contribution in [1.29, 1.82) is 0 Å². The van der Waals surface area contributed by atoms with Gasteiger partial charge < -0.3 is 9.80 Å². The molecule has 0 bridgehead atoms. The molecule has 2 amide bonds. The summed E-state index contributed by atoms with van der Waals surface area (Å²) in [7, 11) is 3.69. The summed E-state index contributed by atoms with van der Waals surface area (Å²) in [5.41, 5.74) is 1.25. The molecule has 3 rings (SSSR count). The summed E-state index contributed by atoms with van der Waals surface area (Å²) in [6.45, 7) is 4.58. The molecule has 0 radical (unpaired) electrons. The Morgan fingerprint density at radius 3 is 2.45 bits per heavy atom. The number of anilines is 1. The highest BCUT2D eigenvalue weighted by Gasteiger charge is 2.33. The Morgan fingerprint density at radius 1 is 1.23 bits per heavy atom. The molecule has 0 aliphatic carbocycles. The Morgan fingerprint density at radius 2 is 1.87 bits per heavy atom. The topological polar surface area (TPSA) is 56.8 Å². The Kier molecular flexibility index (Phi) is 6.40. The van der Waals surface area contributed by atoms with Gasteiger partial charge in [-0.1, -0.05) is 23.5 Å². The molecule has 1 aliphatic heterocycles. The van der Waals surface area contributed by atoms with E-state index in [0.29, 0.717) is 34.4 Å². The van der Waals surface area contributed by atoms with Crippen molar-refractivity contribution in [1.82, 2.24) is 14.8 Å². The molecule has 1 aliphatic rings. The van der Waals surface area contributed by atoms with Crippen LogP contribution in [0.2, 0.25) is 0 Å². The molecule has 0 saturated carbocycles. The fraction of sp³-hybridized carbons (Fsp3) is 0.381. The van der Waals surface area contributed by atoms with Crippen molar-refractivity contribution < 1.29 is 22.8 Å². The van der Waals surface area contributed by atoms with Crippen LogP contribution in [0.15, 0.2) is 36.0 Å². The first kappa shape index (κ1) is 22.8. The third kappa shape index (κ3) is 5.07. The molecular weight excluding hydrogens is 429 g/mol. The van der Waals surface area contributed by atoms with E-state index in [-0.39, 0.29) is 18.4 Å². The van der Waals surface area contributed by atoms with Gasteiger partial charge in [-0.25, -0.2) is 9.78 Å². The van der Waals surface area contributed by atoms with Gasteiger partial charge >= 0.3 is 12.2 Å². The van der Waals surface area contributed by atoms with Crippen LogP contribution in [0.1, 0.15) is 33.4 Å². The maximum atomic E-state index is 12.8. The third-order valence-electron chi connectivity index (χ3n) is 5.04. The standard InChI is InChI=1S/C21H23F3N4O2S/c1-13(26(3)4)11-17(29)18-14(2)25-19(31-18)28-10-9-27(20(28)30)12-15-5-7-16(8-6-15)21(22,23)24/h5-8,11H,9-10,12H2,1-4H3/b13-11-. The van der Waals surface area contributed by atoms with Gasteiger partial charge in [-0.3, -0.25) is 9.69 Å². The number of allylic oxidation sites excluding steroid dienone is 2. The fourth-order valence-electron chi connectivity index (χ4n) is 3.04. The molecule has 2 heterocycles. The number of urea groups is 1. The number of aromatic nitrogens is 1. The first-order valence-corrected chi connectivity index (χ1v) is 10.4. The van der Waals surface area contributed by atoms with Gasteiger partial charge in [0.05, 0.1) is 16.1 Å². The van der Waals surface area contributed by atoms with E-state index in [1.807, 2.05) is 25.9 Å². The molecule has 10 heteroatoms. The second kappa shape index (κ2) is 8.70. The number of ketones is 1. The van der Waals surface area contributed by atoms with Gasteiger partial charge in [0.1, 0.15) is 0 Å². The van der Waals surface area contributed by atoms with E-state index in [4.69, 9.17) is 0 Å². The number of rotatable bonds is 6. The summed E-state index contributed by atoms with van der Waals surface area (Å²) in [4.78, 5) is 35.2. The van der Waals surface area contributed by atoms with Crippen molar-refractivity contribution in [2.75, 3.05) is 32.1 Å². The third-order valence-corrected chi connectivity index (χ3v) is 6.23. The van der Waals surface area contributed by atoms with Crippen LogP contribution in [-0.4, -0.2) is 53.8 Å². The molecule has 0 unspecified atom stereocenters. The quantitative estimate of drug-likeness (QED) is 0.476. The average Bonchev–Trinajstić information content (AvgIpc) is 3.24. The lowest BCUT2D eigenvalue weighted by molar-refractivity contribution is -0.137. The Labute approximate surface area is 182 Å².